The molecule has 2 atom stereocenters. The van der Waals surface area contributed by atoms with Gasteiger partial charge in [-0.1, -0.05) is 39.0 Å². The summed E-state index contributed by atoms with van der Waals surface area (Å²) in [6, 6.07) is 9.93. The fraction of sp³-hybridized carbons (Fsp3) is 0.353. The molecule has 0 unspecified atom stereocenters. The minimum atomic E-state index is -1.99. The summed E-state index contributed by atoms with van der Waals surface area (Å²) in [7, 11) is 0. The fourth-order valence-corrected chi connectivity index (χ4v) is 6.29. The molecule has 0 fully saturated rings. The number of para-hydroxylation sites is 1. The van der Waals surface area contributed by atoms with E-state index in [4.69, 9.17) is 14.5 Å². The molecule has 1 aromatic carbocycles. The van der Waals surface area contributed by atoms with Crippen molar-refractivity contribution >= 4 is 34.7 Å². The van der Waals surface area contributed by atoms with Crippen molar-refractivity contribution in [3.05, 3.63) is 96.3 Å². The number of cyclic esters (lactones) is 1. The molecule has 5 heterocycles. The van der Waals surface area contributed by atoms with Crippen LogP contribution in [0.5, 0.6) is 0 Å². The molecule has 0 spiro atoms. The van der Waals surface area contributed by atoms with Gasteiger partial charge in [-0.25, -0.2) is 14.6 Å². The first-order chi connectivity index (χ1) is 23.8. The van der Waals surface area contributed by atoms with E-state index in [1.54, 1.807) is 36.4 Å². The summed E-state index contributed by atoms with van der Waals surface area (Å²) in [4.78, 5) is 96.0. The summed E-state index contributed by atoms with van der Waals surface area (Å²) < 4.78 is 27.0. The van der Waals surface area contributed by atoms with E-state index in [9.17, 15) is 38.0 Å². The van der Waals surface area contributed by atoms with Crippen LogP contribution in [0.3, 0.4) is 0 Å². The van der Waals surface area contributed by atoms with Crippen molar-refractivity contribution in [2.24, 2.45) is 5.92 Å². The Morgan fingerprint density at radius 1 is 1.14 bits per heavy atom. The average molecular weight is 689 g/mol. The molecule has 2 amide bonds. The number of nitrogens with zero attached hydrogens (tertiary/aromatic N) is 3. The van der Waals surface area contributed by atoms with Gasteiger partial charge in [0, 0.05) is 16.5 Å². The van der Waals surface area contributed by atoms with Crippen molar-refractivity contribution in [2.75, 3.05) is 6.54 Å². The Balaban J connectivity index is 1.21. The van der Waals surface area contributed by atoms with Crippen molar-refractivity contribution in [2.45, 2.75) is 65.0 Å². The molecule has 0 aliphatic carbocycles. The number of halogens is 1. The molecule has 15 nitrogen and oxygen atoms in total. The highest BCUT2D eigenvalue weighted by Gasteiger charge is 2.50. The van der Waals surface area contributed by atoms with E-state index < -0.39 is 71.1 Å². The summed E-state index contributed by atoms with van der Waals surface area (Å²) in [5.74, 6) is -4.88. The minimum absolute atomic E-state index is 0.0871. The number of hydrogen-bond acceptors (Lipinski definition) is 10. The number of carbonyl (C=O) groups excluding carboxylic acids is 4. The van der Waals surface area contributed by atoms with Crippen LogP contribution in [-0.4, -0.2) is 55.4 Å². The van der Waals surface area contributed by atoms with Gasteiger partial charge in [0.1, 0.15) is 25.7 Å². The number of esters is 2. The maximum Gasteiger partial charge on any atom is 0.355 e. The largest absolute Gasteiger partial charge is 0.457 e. The maximum absolute atomic E-state index is 13.8. The van der Waals surface area contributed by atoms with Crippen LogP contribution in [0.25, 0.3) is 22.3 Å². The zero-order valence-corrected chi connectivity index (χ0v) is 27.3. The SMILES string of the molecule is CC[C@@]1(OC(=O)CNC(=O)[C@H](CC(C)C)NC(=O)Cn2cc(F)c(=O)[nH]c2=O)C(=O)OCc2c1cc1n(c2=O)Cc2cc3ccccc3nc2-1. The zero-order valence-electron chi connectivity index (χ0n) is 27.3. The van der Waals surface area contributed by atoms with E-state index in [-0.39, 0.29) is 43.0 Å². The third-order valence-electron chi connectivity index (χ3n) is 8.72. The second-order valence-corrected chi connectivity index (χ2v) is 12.6. The Labute approximate surface area is 282 Å². The van der Waals surface area contributed by atoms with E-state index in [1.807, 2.05) is 30.3 Å². The van der Waals surface area contributed by atoms with Gasteiger partial charge in [-0.15, -0.1) is 0 Å². The number of rotatable bonds is 10. The van der Waals surface area contributed by atoms with Crippen LogP contribution in [-0.2, 0) is 53.9 Å². The monoisotopic (exact) mass is 688 g/mol. The summed E-state index contributed by atoms with van der Waals surface area (Å²) >= 11 is 0. The predicted octanol–water partition coefficient (Wildman–Crippen LogP) is 0.967. The lowest BCUT2D eigenvalue weighted by molar-refractivity contribution is -0.189. The Hall–Kier alpha value is -5.93. The molecule has 2 aliphatic rings. The number of H-pyrrole nitrogens is 1. The van der Waals surface area contributed by atoms with Gasteiger partial charge in [-0.3, -0.25) is 33.5 Å². The lowest BCUT2D eigenvalue weighted by atomic mass is 9.85. The first kappa shape index (κ1) is 34.0. The summed E-state index contributed by atoms with van der Waals surface area (Å²) in [6.07, 6.45) is 0.613. The van der Waals surface area contributed by atoms with Gasteiger partial charge in [-0.2, -0.15) is 4.39 Å². The van der Waals surface area contributed by atoms with E-state index in [0.717, 1.165) is 16.5 Å². The number of aromatic amines is 1. The molecule has 0 bridgehead atoms. The van der Waals surface area contributed by atoms with Gasteiger partial charge in [0.2, 0.25) is 23.2 Å². The lowest BCUT2D eigenvalue weighted by Gasteiger charge is -2.35. The molecule has 260 valence electrons. The molecule has 2 aliphatic heterocycles. The van der Waals surface area contributed by atoms with Gasteiger partial charge >= 0.3 is 17.6 Å². The second-order valence-electron chi connectivity index (χ2n) is 12.6. The van der Waals surface area contributed by atoms with Crippen molar-refractivity contribution in [1.29, 1.82) is 0 Å². The van der Waals surface area contributed by atoms with Crippen LogP contribution in [0.4, 0.5) is 4.39 Å². The molecule has 16 heteroatoms. The topological polar surface area (TPSA) is 201 Å². The highest BCUT2D eigenvalue weighted by atomic mass is 19.1. The standard InChI is InChI=1S/C34H33FN6O9/c1-4-34(50-27(43)12-36-30(45)24(9-17(2)3)37-26(42)15-40-14-22(35)29(44)39-33(40)48)21-11-25-28-19(10-18-7-5-6-8-23(18)38-28)13-41(25)31(46)20(21)16-49-32(34)47/h5-8,10-11,14,17,24H,4,9,12-13,15-16H2,1-3H3,(H,36,45)(H,37,42)(H,39,44,48)/t24-,34-/m0/s1. The number of carbonyl (C=O) groups is 4. The van der Waals surface area contributed by atoms with Crippen LogP contribution in [0.2, 0.25) is 0 Å². The normalized spacial score (nSPS) is 16.6. The minimum Gasteiger partial charge on any atom is -0.457 e. The van der Waals surface area contributed by atoms with Gasteiger partial charge in [0.25, 0.3) is 11.1 Å². The zero-order chi connectivity index (χ0) is 35.9. The second kappa shape index (κ2) is 13.2. The van der Waals surface area contributed by atoms with E-state index >= 15 is 0 Å². The lowest BCUT2D eigenvalue weighted by Crippen LogP contribution is -2.51. The maximum atomic E-state index is 13.8. The quantitative estimate of drug-likeness (QED) is 0.178. The molecule has 0 saturated carbocycles. The van der Waals surface area contributed by atoms with Crippen LogP contribution in [0.1, 0.15) is 50.3 Å². The number of fused-ring (bicyclic) bond motifs is 5. The number of amides is 2. The van der Waals surface area contributed by atoms with Crippen LogP contribution < -0.4 is 27.4 Å². The molecule has 50 heavy (non-hydrogen) atoms. The highest BCUT2D eigenvalue weighted by Crippen LogP contribution is 2.40. The molecule has 6 rings (SSSR count). The Morgan fingerprint density at radius 2 is 1.90 bits per heavy atom. The summed E-state index contributed by atoms with van der Waals surface area (Å²) in [5, 5.41) is 5.77. The number of hydrogen-bond donors (Lipinski definition) is 3. The summed E-state index contributed by atoms with van der Waals surface area (Å²) in [5.41, 5.74) is -1.75. The molecule has 3 N–H and O–H groups in total. The molecule has 4 aromatic rings. The van der Waals surface area contributed by atoms with Crippen LogP contribution in [0.15, 0.2) is 57.0 Å². The Kier molecular flexibility index (Phi) is 8.95. The van der Waals surface area contributed by atoms with E-state index in [1.165, 1.54) is 0 Å². The van der Waals surface area contributed by atoms with Gasteiger partial charge < -0.3 is 24.7 Å². The average Bonchev–Trinajstić information content (AvgIpc) is 3.43. The van der Waals surface area contributed by atoms with Gasteiger partial charge in [-0.05, 0) is 37.0 Å². The van der Waals surface area contributed by atoms with Crippen molar-refractivity contribution in [3.8, 4) is 11.4 Å². The summed E-state index contributed by atoms with van der Waals surface area (Å²) in [6.45, 7) is 3.71. The third kappa shape index (κ3) is 6.19. The molecular formula is C34H33FN6O9. The number of ether oxygens (including phenoxy) is 2. The van der Waals surface area contributed by atoms with Crippen molar-refractivity contribution < 1.29 is 33.0 Å². The smallest absolute Gasteiger partial charge is 0.355 e. The van der Waals surface area contributed by atoms with E-state index in [0.29, 0.717) is 22.2 Å². The van der Waals surface area contributed by atoms with Crippen molar-refractivity contribution in [1.82, 2.24) is 29.7 Å². The van der Waals surface area contributed by atoms with Gasteiger partial charge in [0.15, 0.2) is 0 Å². The first-order valence-electron chi connectivity index (χ1n) is 15.9. The fourth-order valence-electron chi connectivity index (χ4n) is 6.29. The number of nitrogens with one attached hydrogen (secondary N) is 3. The van der Waals surface area contributed by atoms with E-state index in [2.05, 4.69) is 10.6 Å². The van der Waals surface area contributed by atoms with Gasteiger partial charge in [0.05, 0.1) is 35.2 Å². The predicted molar refractivity (Wildman–Crippen MR) is 174 cm³/mol. The first-order valence-corrected chi connectivity index (χ1v) is 15.9. The molecule has 0 radical (unpaired) electrons. The number of pyridine rings is 2. The van der Waals surface area contributed by atoms with Crippen LogP contribution in [0, 0.1) is 11.7 Å². The third-order valence-corrected chi connectivity index (χ3v) is 8.72. The number of aromatic nitrogens is 4. The Bertz CT molecular complexity index is 2260. The molecular weight excluding hydrogens is 655 g/mol. The number of benzene rings is 1. The van der Waals surface area contributed by atoms with Crippen molar-refractivity contribution in [3.63, 3.8) is 0 Å². The highest BCUT2D eigenvalue weighted by molar-refractivity contribution is 5.91. The Morgan fingerprint density at radius 3 is 2.64 bits per heavy atom. The van der Waals surface area contributed by atoms with Crippen LogP contribution >= 0.6 is 0 Å². The molecule has 3 aromatic heterocycles. The molecule has 0 saturated heterocycles.